The fraction of sp³-hybridized carbons (Fsp3) is 0.538. The highest BCUT2D eigenvalue weighted by atomic mass is 32.2. The van der Waals surface area contributed by atoms with Crippen LogP contribution in [0.5, 0.6) is 0 Å². The Kier molecular flexibility index (Phi) is 4.71. The van der Waals surface area contributed by atoms with Gasteiger partial charge in [-0.15, -0.1) is 0 Å². The molecule has 17 heavy (non-hydrogen) atoms. The van der Waals surface area contributed by atoms with Crippen molar-refractivity contribution in [1.82, 2.24) is 5.32 Å². The second kappa shape index (κ2) is 5.65. The van der Waals surface area contributed by atoms with Gasteiger partial charge in [-0.1, -0.05) is 32.0 Å². The summed E-state index contributed by atoms with van der Waals surface area (Å²) >= 11 is 0. The Morgan fingerprint density at radius 1 is 1.24 bits per heavy atom. The summed E-state index contributed by atoms with van der Waals surface area (Å²) in [5, 5.41) is 3.23. The monoisotopic (exact) mass is 255 g/mol. The van der Waals surface area contributed by atoms with Crippen molar-refractivity contribution in [3.05, 3.63) is 29.8 Å². The molecule has 0 aromatic heterocycles. The molecule has 0 aliphatic heterocycles. The molecule has 4 heteroatoms. The number of hydrogen-bond acceptors (Lipinski definition) is 3. The van der Waals surface area contributed by atoms with Crippen LogP contribution < -0.4 is 5.32 Å². The van der Waals surface area contributed by atoms with Crippen LogP contribution in [0.3, 0.4) is 0 Å². The van der Waals surface area contributed by atoms with Crippen LogP contribution in [0, 0.1) is 5.92 Å². The van der Waals surface area contributed by atoms with Crippen molar-refractivity contribution in [3.63, 3.8) is 0 Å². The van der Waals surface area contributed by atoms with E-state index in [0.29, 0.717) is 10.8 Å². The van der Waals surface area contributed by atoms with Crippen LogP contribution in [0.4, 0.5) is 0 Å². The average molecular weight is 255 g/mol. The molecule has 0 aliphatic carbocycles. The second-order valence-electron chi connectivity index (χ2n) is 4.72. The zero-order valence-corrected chi connectivity index (χ0v) is 11.7. The third-order valence-corrected chi connectivity index (χ3v) is 4.18. The molecular weight excluding hydrogens is 234 g/mol. The summed E-state index contributed by atoms with van der Waals surface area (Å²) < 4.78 is 23.3. The number of sulfone groups is 1. The summed E-state index contributed by atoms with van der Waals surface area (Å²) in [6.07, 6.45) is 1.99. The van der Waals surface area contributed by atoms with Crippen molar-refractivity contribution < 1.29 is 8.42 Å². The fourth-order valence-corrected chi connectivity index (χ4v) is 2.90. The first kappa shape index (κ1) is 14.2. The maximum atomic E-state index is 11.7. The molecular formula is C13H21NO2S. The van der Waals surface area contributed by atoms with Crippen LogP contribution in [0.2, 0.25) is 0 Å². The standard InChI is InChI=1S/C13H21NO2S/c1-10(2)12(14-3)9-11-7-5-6-8-13(11)17(4,15)16/h5-8,10,12,14H,9H2,1-4H3. The molecule has 0 amide bonds. The van der Waals surface area contributed by atoms with E-state index >= 15 is 0 Å². The average Bonchev–Trinajstić information content (AvgIpc) is 2.24. The van der Waals surface area contributed by atoms with E-state index in [4.69, 9.17) is 0 Å². The largest absolute Gasteiger partial charge is 0.316 e. The van der Waals surface area contributed by atoms with Crippen molar-refractivity contribution >= 4 is 9.84 Å². The molecule has 96 valence electrons. The lowest BCUT2D eigenvalue weighted by molar-refractivity contribution is 0.422. The maximum absolute atomic E-state index is 11.7. The Balaban J connectivity index is 3.07. The summed E-state index contributed by atoms with van der Waals surface area (Å²) in [6.45, 7) is 4.26. The summed E-state index contributed by atoms with van der Waals surface area (Å²) in [6, 6.07) is 7.51. The van der Waals surface area contributed by atoms with E-state index < -0.39 is 9.84 Å². The number of likely N-dealkylation sites (N-methyl/N-ethyl adjacent to an activating group) is 1. The molecule has 1 N–H and O–H groups in total. The third-order valence-electron chi connectivity index (χ3n) is 2.99. The minimum Gasteiger partial charge on any atom is -0.316 e. The van der Waals surface area contributed by atoms with E-state index in [-0.39, 0.29) is 6.04 Å². The van der Waals surface area contributed by atoms with E-state index in [1.165, 1.54) is 6.26 Å². The highest BCUT2D eigenvalue weighted by Crippen LogP contribution is 2.18. The number of benzene rings is 1. The van der Waals surface area contributed by atoms with Gasteiger partial charge in [0.15, 0.2) is 9.84 Å². The van der Waals surface area contributed by atoms with Gasteiger partial charge >= 0.3 is 0 Å². The van der Waals surface area contributed by atoms with Crippen molar-refractivity contribution in [2.45, 2.75) is 31.2 Å². The van der Waals surface area contributed by atoms with Gasteiger partial charge in [0.2, 0.25) is 0 Å². The molecule has 0 heterocycles. The van der Waals surface area contributed by atoms with Crippen molar-refractivity contribution in [2.24, 2.45) is 5.92 Å². The molecule has 1 aromatic carbocycles. The summed E-state index contributed by atoms with van der Waals surface area (Å²) in [7, 11) is -1.23. The summed E-state index contributed by atoms with van der Waals surface area (Å²) in [4.78, 5) is 0.445. The second-order valence-corrected chi connectivity index (χ2v) is 6.71. The minimum atomic E-state index is -3.14. The smallest absolute Gasteiger partial charge is 0.175 e. The Morgan fingerprint density at radius 2 is 1.82 bits per heavy atom. The predicted molar refractivity (Wildman–Crippen MR) is 70.9 cm³/mol. The zero-order valence-electron chi connectivity index (χ0n) is 10.9. The minimum absolute atomic E-state index is 0.290. The molecule has 3 nitrogen and oxygen atoms in total. The van der Waals surface area contributed by atoms with E-state index in [2.05, 4.69) is 19.2 Å². The molecule has 1 unspecified atom stereocenters. The van der Waals surface area contributed by atoms with Crippen LogP contribution in [-0.2, 0) is 16.3 Å². The van der Waals surface area contributed by atoms with E-state index in [0.717, 1.165) is 12.0 Å². The first-order valence-corrected chi connectivity index (χ1v) is 7.70. The van der Waals surface area contributed by atoms with Gasteiger partial charge in [-0.3, -0.25) is 0 Å². The summed E-state index contributed by atoms with van der Waals surface area (Å²) in [5.41, 5.74) is 0.892. The maximum Gasteiger partial charge on any atom is 0.175 e. The number of hydrogen-bond donors (Lipinski definition) is 1. The lowest BCUT2D eigenvalue weighted by Crippen LogP contribution is -2.33. The first-order chi connectivity index (χ1) is 7.86. The van der Waals surface area contributed by atoms with Gasteiger partial charge in [-0.05, 0) is 31.0 Å². The fourth-order valence-electron chi connectivity index (χ4n) is 1.94. The predicted octanol–water partition coefficient (Wildman–Crippen LogP) is 1.88. The molecule has 0 fully saturated rings. The quantitative estimate of drug-likeness (QED) is 0.874. The van der Waals surface area contributed by atoms with Gasteiger partial charge in [0.05, 0.1) is 4.90 Å². The van der Waals surface area contributed by atoms with Crippen LogP contribution in [0.25, 0.3) is 0 Å². The Morgan fingerprint density at radius 3 is 2.29 bits per heavy atom. The van der Waals surface area contributed by atoms with Crippen molar-refractivity contribution in [2.75, 3.05) is 13.3 Å². The van der Waals surface area contributed by atoms with E-state index in [1.807, 2.05) is 19.2 Å². The Bertz CT molecular complexity index is 466. The molecule has 0 bridgehead atoms. The van der Waals surface area contributed by atoms with Crippen molar-refractivity contribution in [1.29, 1.82) is 0 Å². The Labute approximate surface area is 104 Å². The third kappa shape index (κ3) is 3.82. The SMILES string of the molecule is CNC(Cc1ccccc1S(C)(=O)=O)C(C)C. The molecule has 1 aromatic rings. The molecule has 1 rings (SSSR count). The van der Waals surface area contributed by atoms with Crippen LogP contribution in [0.1, 0.15) is 19.4 Å². The zero-order chi connectivity index (χ0) is 13.1. The van der Waals surface area contributed by atoms with E-state index in [9.17, 15) is 8.42 Å². The first-order valence-electron chi connectivity index (χ1n) is 5.81. The van der Waals surface area contributed by atoms with Gasteiger partial charge in [-0.2, -0.15) is 0 Å². The van der Waals surface area contributed by atoms with Gasteiger partial charge in [0.25, 0.3) is 0 Å². The lowest BCUT2D eigenvalue weighted by atomic mass is 9.97. The van der Waals surface area contributed by atoms with Gasteiger partial charge in [-0.25, -0.2) is 8.42 Å². The van der Waals surface area contributed by atoms with Crippen LogP contribution in [0.15, 0.2) is 29.2 Å². The Hall–Kier alpha value is -0.870. The van der Waals surface area contributed by atoms with Gasteiger partial charge in [0, 0.05) is 12.3 Å². The topological polar surface area (TPSA) is 46.2 Å². The molecule has 0 radical (unpaired) electrons. The highest BCUT2D eigenvalue weighted by Gasteiger charge is 2.17. The summed E-state index contributed by atoms with van der Waals surface area (Å²) in [5.74, 6) is 0.465. The van der Waals surface area contributed by atoms with E-state index in [1.54, 1.807) is 12.1 Å². The normalized spacial score (nSPS) is 13.9. The highest BCUT2D eigenvalue weighted by molar-refractivity contribution is 7.90. The van der Waals surface area contributed by atoms with Gasteiger partial charge in [0.1, 0.15) is 0 Å². The van der Waals surface area contributed by atoms with Gasteiger partial charge < -0.3 is 5.32 Å². The number of rotatable bonds is 5. The lowest BCUT2D eigenvalue weighted by Gasteiger charge is -2.21. The molecule has 0 spiro atoms. The molecule has 0 aliphatic rings. The van der Waals surface area contributed by atoms with Crippen LogP contribution >= 0.6 is 0 Å². The molecule has 0 saturated carbocycles. The molecule has 0 saturated heterocycles. The van der Waals surface area contributed by atoms with Crippen molar-refractivity contribution in [3.8, 4) is 0 Å². The number of nitrogens with one attached hydrogen (secondary N) is 1. The van der Waals surface area contributed by atoms with Crippen LogP contribution in [-0.4, -0.2) is 27.8 Å². The molecule has 1 atom stereocenters.